The van der Waals surface area contributed by atoms with Crippen LogP contribution in [-0.2, 0) is 4.79 Å². The molecule has 1 amide bonds. The van der Waals surface area contributed by atoms with Crippen molar-refractivity contribution in [3.8, 4) is 0 Å². The highest BCUT2D eigenvalue weighted by Gasteiger charge is 2.34. The van der Waals surface area contributed by atoms with Crippen molar-refractivity contribution in [2.45, 2.75) is 19.4 Å². The van der Waals surface area contributed by atoms with Crippen LogP contribution in [0.3, 0.4) is 0 Å². The molecule has 17 heavy (non-hydrogen) atoms. The Labute approximate surface area is 102 Å². The lowest BCUT2D eigenvalue weighted by Gasteiger charge is -2.44. The fourth-order valence-electron chi connectivity index (χ4n) is 2.09. The summed E-state index contributed by atoms with van der Waals surface area (Å²) in [7, 11) is 1.81. The Morgan fingerprint density at radius 3 is 2.47 bits per heavy atom. The summed E-state index contributed by atoms with van der Waals surface area (Å²) in [4.78, 5) is 15.8. The highest BCUT2D eigenvalue weighted by atomic mass is 16.2. The van der Waals surface area contributed by atoms with E-state index in [1.807, 2.05) is 31.3 Å². The van der Waals surface area contributed by atoms with Crippen LogP contribution in [0, 0.1) is 0 Å². The van der Waals surface area contributed by atoms with E-state index in [1.54, 1.807) is 4.90 Å². The quantitative estimate of drug-likeness (QED) is 0.835. The first-order valence-electron chi connectivity index (χ1n) is 5.80. The van der Waals surface area contributed by atoms with Crippen molar-refractivity contribution in [3.05, 3.63) is 24.3 Å². The Hall–Kier alpha value is -1.55. The van der Waals surface area contributed by atoms with Crippen LogP contribution in [0.1, 0.15) is 13.8 Å². The van der Waals surface area contributed by atoms with Gasteiger partial charge in [0.05, 0.1) is 17.9 Å². The van der Waals surface area contributed by atoms with Gasteiger partial charge >= 0.3 is 0 Å². The lowest BCUT2D eigenvalue weighted by Crippen LogP contribution is -2.56. The van der Waals surface area contributed by atoms with Gasteiger partial charge in [0.15, 0.2) is 0 Å². The number of carbonyl (C=O) groups excluding carboxylic acids is 1. The van der Waals surface area contributed by atoms with Crippen LogP contribution in [0.2, 0.25) is 0 Å². The molecule has 0 atom stereocenters. The minimum absolute atomic E-state index is 0.102. The number of para-hydroxylation sites is 2. The number of benzene rings is 1. The average molecular weight is 233 g/mol. The van der Waals surface area contributed by atoms with Crippen LogP contribution >= 0.6 is 0 Å². The molecule has 0 aromatic heterocycles. The van der Waals surface area contributed by atoms with Gasteiger partial charge in [-0.25, -0.2) is 0 Å². The Morgan fingerprint density at radius 2 is 1.88 bits per heavy atom. The summed E-state index contributed by atoms with van der Waals surface area (Å²) in [6.07, 6.45) is 0. The van der Waals surface area contributed by atoms with E-state index in [-0.39, 0.29) is 11.4 Å². The lowest BCUT2D eigenvalue weighted by atomic mass is 9.99. The smallest absolute Gasteiger partial charge is 0.246 e. The molecule has 92 valence electrons. The van der Waals surface area contributed by atoms with Gasteiger partial charge in [-0.05, 0) is 26.0 Å². The van der Waals surface area contributed by atoms with E-state index in [4.69, 9.17) is 5.73 Å². The summed E-state index contributed by atoms with van der Waals surface area (Å²) in [5.74, 6) is 0.102. The predicted molar refractivity (Wildman–Crippen MR) is 70.3 cm³/mol. The molecule has 0 fully saturated rings. The van der Waals surface area contributed by atoms with Crippen LogP contribution < -0.4 is 15.5 Å². The fraction of sp³-hybridized carbons (Fsp3) is 0.462. The number of likely N-dealkylation sites (N-methyl/N-ethyl adjacent to an activating group) is 1. The Bertz CT molecular complexity index is 442. The molecule has 1 heterocycles. The van der Waals surface area contributed by atoms with Gasteiger partial charge in [0.1, 0.15) is 0 Å². The van der Waals surface area contributed by atoms with E-state index in [1.165, 1.54) is 0 Å². The van der Waals surface area contributed by atoms with E-state index < -0.39 is 0 Å². The first-order chi connectivity index (χ1) is 7.97. The largest absolute Gasteiger partial charge is 0.354 e. The highest BCUT2D eigenvalue weighted by molar-refractivity contribution is 6.03. The lowest BCUT2D eigenvalue weighted by molar-refractivity contribution is -0.117. The third-order valence-corrected chi connectivity index (χ3v) is 3.43. The molecule has 0 radical (unpaired) electrons. The zero-order valence-electron chi connectivity index (χ0n) is 10.6. The molecular weight excluding hydrogens is 214 g/mol. The van der Waals surface area contributed by atoms with E-state index in [2.05, 4.69) is 18.7 Å². The SMILES string of the molecule is CN1C(=O)CN(C(C)(C)CN)c2ccccc21. The fourth-order valence-corrected chi connectivity index (χ4v) is 2.09. The van der Waals surface area contributed by atoms with Crippen LogP contribution in [0.25, 0.3) is 0 Å². The topological polar surface area (TPSA) is 49.6 Å². The summed E-state index contributed by atoms with van der Waals surface area (Å²) in [5.41, 5.74) is 7.62. The van der Waals surface area contributed by atoms with E-state index in [0.717, 1.165) is 11.4 Å². The molecule has 1 aliphatic heterocycles. The summed E-state index contributed by atoms with van der Waals surface area (Å²) < 4.78 is 0. The zero-order chi connectivity index (χ0) is 12.6. The molecule has 4 nitrogen and oxygen atoms in total. The standard InChI is InChI=1S/C13H19N3O/c1-13(2,9-14)16-8-12(17)15(3)10-6-4-5-7-11(10)16/h4-7H,8-9,14H2,1-3H3. The van der Waals surface area contributed by atoms with Crippen molar-refractivity contribution in [1.82, 2.24) is 0 Å². The molecule has 1 aromatic rings. The average Bonchev–Trinajstić information content (AvgIpc) is 2.33. The van der Waals surface area contributed by atoms with E-state index in [0.29, 0.717) is 13.1 Å². The van der Waals surface area contributed by atoms with Gasteiger partial charge < -0.3 is 15.5 Å². The summed E-state index contributed by atoms with van der Waals surface area (Å²) in [6.45, 7) is 5.01. The van der Waals surface area contributed by atoms with Crippen molar-refractivity contribution in [2.75, 3.05) is 29.9 Å². The second-order valence-electron chi connectivity index (χ2n) is 5.04. The number of fused-ring (bicyclic) bond motifs is 1. The Morgan fingerprint density at radius 1 is 1.29 bits per heavy atom. The highest BCUT2D eigenvalue weighted by Crippen LogP contribution is 2.36. The second-order valence-corrected chi connectivity index (χ2v) is 5.04. The maximum atomic E-state index is 12.0. The van der Waals surface area contributed by atoms with Gasteiger partial charge in [-0.1, -0.05) is 12.1 Å². The van der Waals surface area contributed by atoms with Crippen molar-refractivity contribution in [2.24, 2.45) is 5.73 Å². The van der Waals surface area contributed by atoms with E-state index >= 15 is 0 Å². The normalized spacial score (nSPS) is 16.1. The van der Waals surface area contributed by atoms with Crippen LogP contribution in [0.4, 0.5) is 11.4 Å². The number of nitrogens with two attached hydrogens (primary N) is 1. The molecule has 2 N–H and O–H groups in total. The van der Waals surface area contributed by atoms with E-state index in [9.17, 15) is 4.79 Å². The van der Waals surface area contributed by atoms with Crippen LogP contribution in [0.5, 0.6) is 0 Å². The van der Waals surface area contributed by atoms with Crippen LogP contribution in [-0.4, -0.2) is 31.6 Å². The molecule has 0 saturated carbocycles. The summed E-state index contributed by atoms with van der Waals surface area (Å²) in [6, 6.07) is 7.94. The maximum absolute atomic E-state index is 12.0. The monoisotopic (exact) mass is 233 g/mol. The number of rotatable bonds is 2. The molecule has 2 rings (SSSR count). The summed E-state index contributed by atoms with van der Waals surface area (Å²) >= 11 is 0. The third-order valence-electron chi connectivity index (χ3n) is 3.43. The van der Waals surface area contributed by atoms with Crippen molar-refractivity contribution in [1.29, 1.82) is 0 Å². The Balaban J connectivity index is 2.51. The van der Waals surface area contributed by atoms with Gasteiger partial charge in [0, 0.05) is 19.1 Å². The maximum Gasteiger partial charge on any atom is 0.246 e. The molecule has 1 aliphatic rings. The second kappa shape index (κ2) is 4.04. The minimum Gasteiger partial charge on any atom is -0.354 e. The van der Waals surface area contributed by atoms with Crippen molar-refractivity contribution >= 4 is 17.3 Å². The first kappa shape index (κ1) is 11.9. The third kappa shape index (κ3) is 1.89. The molecule has 1 aromatic carbocycles. The number of anilines is 2. The first-order valence-corrected chi connectivity index (χ1v) is 5.80. The molecule has 0 unspecified atom stereocenters. The van der Waals surface area contributed by atoms with Gasteiger partial charge in [0.25, 0.3) is 0 Å². The van der Waals surface area contributed by atoms with Gasteiger partial charge in [0.2, 0.25) is 5.91 Å². The number of amides is 1. The molecule has 0 aliphatic carbocycles. The molecular formula is C13H19N3O. The molecule has 0 saturated heterocycles. The van der Waals surface area contributed by atoms with Gasteiger partial charge in [-0.3, -0.25) is 4.79 Å². The molecule has 0 spiro atoms. The number of hydrogen-bond donors (Lipinski definition) is 1. The van der Waals surface area contributed by atoms with Crippen molar-refractivity contribution in [3.63, 3.8) is 0 Å². The molecule has 0 bridgehead atoms. The number of hydrogen-bond acceptors (Lipinski definition) is 3. The molecule has 4 heteroatoms. The number of nitrogens with zero attached hydrogens (tertiary/aromatic N) is 2. The van der Waals surface area contributed by atoms with Crippen LogP contribution in [0.15, 0.2) is 24.3 Å². The van der Waals surface area contributed by atoms with Crippen molar-refractivity contribution < 1.29 is 4.79 Å². The summed E-state index contributed by atoms with van der Waals surface area (Å²) in [5, 5.41) is 0. The predicted octanol–water partition coefficient (Wildman–Crippen LogP) is 1.21. The minimum atomic E-state index is -0.215. The van der Waals surface area contributed by atoms with Gasteiger partial charge in [-0.2, -0.15) is 0 Å². The number of carbonyl (C=O) groups is 1. The Kier molecular flexibility index (Phi) is 2.83. The zero-order valence-corrected chi connectivity index (χ0v) is 10.6. The van der Waals surface area contributed by atoms with Gasteiger partial charge in [-0.15, -0.1) is 0 Å².